The molecule has 82 valence electrons. The van der Waals surface area contributed by atoms with Crippen LogP contribution in [-0.4, -0.2) is 25.2 Å². The summed E-state index contributed by atoms with van der Waals surface area (Å²) in [6.07, 6.45) is 0. The van der Waals surface area contributed by atoms with Crippen LogP contribution in [-0.2, 0) is 19.1 Å². The van der Waals surface area contributed by atoms with E-state index >= 15 is 0 Å². The zero-order valence-corrected chi connectivity index (χ0v) is 9.20. The first-order chi connectivity index (χ1) is 6.43. The summed E-state index contributed by atoms with van der Waals surface area (Å²) in [5.41, 5.74) is 0. The summed E-state index contributed by atoms with van der Waals surface area (Å²) in [6, 6.07) is 0. The molecular formula is C10H18O4. The molecule has 0 aliphatic rings. The summed E-state index contributed by atoms with van der Waals surface area (Å²) in [6.45, 7) is 7.41. The molecule has 0 bridgehead atoms. The van der Waals surface area contributed by atoms with Crippen molar-refractivity contribution in [1.82, 2.24) is 0 Å². The van der Waals surface area contributed by atoms with Gasteiger partial charge in [-0.05, 0) is 11.8 Å². The van der Waals surface area contributed by atoms with Crippen LogP contribution in [0.3, 0.4) is 0 Å². The molecule has 14 heavy (non-hydrogen) atoms. The summed E-state index contributed by atoms with van der Waals surface area (Å²) in [4.78, 5) is 21.1. The van der Waals surface area contributed by atoms with Gasteiger partial charge in [-0.2, -0.15) is 0 Å². The number of ether oxygens (including phenoxy) is 2. The third-order valence-electron chi connectivity index (χ3n) is 2.07. The average molecular weight is 202 g/mol. The molecule has 0 aromatic heterocycles. The van der Waals surface area contributed by atoms with Gasteiger partial charge in [-0.25, -0.2) is 0 Å². The molecular weight excluding hydrogens is 184 g/mol. The van der Waals surface area contributed by atoms with Gasteiger partial charge in [0.05, 0.1) is 13.2 Å². The van der Waals surface area contributed by atoms with Crippen molar-refractivity contribution in [3.63, 3.8) is 0 Å². The zero-order chi connectivity index (χ0) is 11.1. The lowest BCUT2D eigenvalue weighted by Gasteiger charge is -2.18. The van der Waals surface area contributed by atoms with Crippen LogP contribution in [0.2, 0.25) is 0 Å². The molecule has 0 unspecified atom stereocenters. The Balaban J connectivity index is 3.69. The van der Waals surface area contributed by atoms with E-state index in [9.17, 15) is 9.59 Å². The summed E-state index contributed by atoms with van der Waals surface area (Å²) in [5.74, 6) is -0.176. The second kappa shape index (κ2) is 6.40. The Morgan fingerprint density at radius 3 is 1.43 bits per heavy atom. The summed E-state index contributed by atoms with van der Waals surface area (Å²) < 4.78 is 9.70. The van der Waals surface area contributed by atoms with Crippen molar-refractivity contribution in [2.75, 3.05) is 13.2 Å². The minimum Gasteiger partial charge on any atom is -0.466 e. The van der Waals surface area contributed by atoms with E-state index in [2.05, 4.69) is 0 Å². The molecule has 0 radical (unpaired) electrons. The smallest absolute Gasteiger partial charge is 0.302 e. The minimum atomic E-state index is -0.281. The van der Waals surface area contributed by atoms with E-state index in [-0.39, 0.29) is 23.8 Å². The highest BCUT2D eigenvalue weighted by atomic mass is 16.5. The van der Waals surface area contributed by atoms with Crippen LogP contribution in [0.1, 0.15) is 27.7 Å². The molecule has 0 aromatic rings. The van der Waals surface area contributed by atoms with Crippen molar-refractivity contribution in [3.05, 3.63) is 0 Å². The van der Waals surface area contributed by atoms with Gasteiger partial charge in [-0.3, -0.25) is 9.59 Å². The molecule has 0 N–H and O–H groups in total. The van der Waals surface area contributed by atoms with Gasteiger partial charge in [0.15, 0.2) is 0 Å². The van der Waals surface area contributed by atoms with Gasteiger partial charge in [-0.1, -0.05) is 13.8 Å². The number of hydrogen-bond donors (Lipinski definition) is 0. The van der Waals surface area contributed by atoms with Gasteiger partial charge in [0.1, 0.15) is 0 Å². The predicted octanol–water partition coefficient (Wildman–Crippen LogP) is 1.38. The van der Waals surface area contributed by atoms with Crippen LogP contribution in [0.25, 0.3) is 0 Å². The van der Waals surface area contributed by atoms with E-state index in [1.54, 1.807) is 0 Å². The fourth-order valence-corrected chi connectivity index (χ4v) is 0.826. The second-order valence-corrected chi connectivity index (χ2v) is 3.56. The Hall–Kier alpha value is -1.06. The first kappa shape index (κ1) is 12.9. The van der Waals surface area contributed by atoms with Gasteiger partial charge >= 0.3 is 11.9 Å². The SMILES string of the molecule is CC(=O)OC[C@@H](C)[C@@H](C)COC(C)=O. The van der Waals surface area contributed by atoms with Crippen LogP contribution in [0.15, 0.2) is 0 Å². The third kappa shape index (κ3) is 6.46. The number of carbonyl (C=O) groups excluding carboxylic acids is 2. The van der Waals surface area contributed by atoms with Gasteiger partial charge in [0.25, 0.3) is 0 Å². The van der Waals surface area contributed by atoms with Gasteiger partial charge in [0.2, 0.25) is 0 Å². The second-order valence-electron chi connectivity index (χ2n) is 3.56. The molecule has 0 aliphatic carbocycles. The quantitative estimate of drug-likeness (QED) is 0.632. The van der Waals surface area contributed by atoms with Crippen molar-refractivity contribution in [1.29, 1.82) is 0 Å². The van der Waals surface area contributed by atoms with Crippen LogP contribution in [0.4, 0.5) is 0 Å². The molecule has 0 aromatic carbocycles. The van der Waals surface area contributed by atoms with E-state index in [1.807, 2.05) is 13.8 Å². The van der Waals surface area contributed by atoms with E-state index in [0.717, 1.165) is 0 Å². The first-order valence-corrected chi connectivity index (χ1v) is 4.70. The normalized spacial score (nSPS) is 14.3. The molecule has 0 amide bonds. The maximum absolute atomic E-state index is 10.5. The highest BCUT2D eigenvalue weighted by Crippen LogP contribution is 2.11. The van der Waals surface area contributed by atoms with Gasteiger partial charge in [0, 0.05) is 13.8 Å². The van der Waals surface area contributed by atoms with Crippen molar-refractivity contribution in [3.8, 4) is 0 Å². The van der Waals surface area contributed by atoms with E-state index < -0.39 is 0 Å². The predicted molar refractivity (Wildman–Crippen MR) is 51.6 cm³/mol. The van der Waals surface area contributed by atoms with Crippen LogP contribution < -0.4 is 0 Å². The maximum atomic E-state index is 10.5. The molecule has 0 fully saturated rings. The Bertz CT molecular complexity index is 178. The lowest BCUT2D eigenvalue weighted by Crippen LogP contribution is -2.21. The summed E-state index contributed by atoms with van der Waals surface area (Å²) in [5, 5.41) is 0. The molecule has 0 rings (SSSR count). The standard InChI is InChI=1S/C10H18O4/c1-7(5-13-9(3)11)8(2)6-14-10(4)12/h7-8H,5-6H2,1-4H3/t7-,8+. The highest BCUT2D eigenvalue weighted by Gasteiger charge is 2.14. The molecule has 0 heterocycles. The Morgan fingerprint density at radius 2 is 1.21 bits per heavy atom. The van der Waals surface area contributed by atoms with E-state index in [1.165, 1.54) is 13.8 Å². The molecule has 0 saturated heterocycles. The van der Waals surface area contributed by atoms with Crippen LogP contribution in [0, 0.1) is 11.8 Å². The minimum absolute atomic E-state index is 0.193. The highest BCUT2D eigenvalue weighted by molar-refractivity contribution is 5.66. The fourth-order valence-electron chi connectivity index (χ4n) is 0.826. The molecule has 0 aliphatic heterocycles. The Kier molecular flexibility index (Phi) is 5.92. The van der Waals surface area contributed by atoms with E-state index in [0.29, 0.717) is 13.2 Å². The van der Waals surface area contributed by atoms with Crippen molar-refractivity contribution in [2.45, 2.75) is 27.7 Å². The van der Waals surface area contributed by atoms with Crippen molar-refractivity contribution in [2.24, 2.45) is 11.8 Å². The summed E-state index contributed by atoms with van der Waals surface area (Å²) in [7, 11) is 0. The van der Waals surface area contributed by atoms with E-state index in [4.69, 9.17) is 9.47 Å². The van der Waals surface area contributed by atoms with Gasteiger partial charge in [-0.15, -0.1) is 0 Å². The number of hydrogen-bond acceptors (Lipinski definition) is 4. The number of carbonyl (C=O) groups is 2. The molecule has 4 nitrogen and oxygen atoms in total. The first-order valence-electron chi connectivity index (χ1n) is 4.70. The Labute approximate surface area is 84.6 Å². The Morgan fingerprint density at radius 1 is 0.929 bits per heavy atom. The van der Waals surface area contributed by atoms with Gasteiger partial charge < -0.3 is 9.47 Å². The van der Waals surface area contributed by atoms with Crippen molar-refractivity contribution >= 4 is 11.9 Å². The third-order valence-corrected chi connectivity index (χ3v) is 2.07. The topological polar surface area (TPSA) is 52.6 Å². The van der Waals surface area contributed by atoms with Crippen LogP contribution >= 0.6 is 0 Å². The lowest BCUT2D eigenvalue weighted by molar-refractivity contribution is -0.146. The monoisotopic (exact) mass is 202 g/mol. The average Bonchev–Trinajstić information content (AvgIpc) is 2.09. The number of esters is 2. The molecule has 2 atom stereocenters. The maximum Gasteiger partial charge on any atom is 0.302 e. The zero-order valence-electron chi connectivity index (χ0n) is 9.20. The number of rotatable bonds is 5. The molecule has 0 spiro atoms. The molecule has 4 heteroatoms. The largest absolute Gasteiger partial charge is 0.466 e. The molecule has 0 saturated carbocycles. The lowest BCUT2D eigenvalue weighted by atomic mass is 9.98. The fraction of sp³-hybridized carbons (Fsp3) is 0.800. The van der Waals surface area contributed by atoms with Crippen LogP contribution in [0.5, 0.6) is 0 Å². The van der Waals surface area contributed by atoms with Crippen molar-refractivity contribution < 1.29 is 19.1 Å². The summed E-state index contributed by atoms with van der Waals surface area (Å²) >= 11 is 0.